The summed E-state index contributed by atoms with van der Waals surface area (Å²) < 4.78 is 5.17. The van der Waals surface area contributed by atoms with Crippen LogP contribution in [-0.4, -0.2) is 49.0 Å². The number of rotatable bonds is 5. The molecule has 154 valence electrons. The minimum atomic E-state index is -0.473. The molecular formula is C22H22N4O4. The molecule has 1 saturated heterocycles. The van der Waals surface area contributed by atoms with Crippen molar-refractivity contribution in [3.05, 3.63) is 69.3 Å². The molecule has 0 aromatic heterocycles. The number of aryl methyl sites for hydroxylation is 1. The number of nitro groups is 1. The number of nitrogens with zero attached hydrogens (tertiary/aromatic N) is 4. The molecule has 8 heteroatoms. The van der Waals surface area contributed by atoms with Crippen molar-refractivity contribution in [2.45, 2.75) is 6.92 Å². The van der Waals surface area contributed by atoms with E-state index in [1.807, 2.05) is 30.3 Å². The van der Waals surface area contributed by atoms with E-state index in [1.54, 1.807) is 31.1 Å². The Balaban J connectivity index is 1.70. The number of nitro benzene ring substituents is 1. The lowest BCUT2D eigenvalue weighted by atomic mass is 10.1. The summed E-state index contributed by atoms with van der Waals surface area (Å²) in [4.78, 5) is 27.3. The van der Waals surface area contributed by atoms with Crippen molar-refractivity contribution in [3.8, 4) is 11.8 Å². The number of ether oxygens (including phenoxy) is 1. The van der Waals surface area contributed by atoms with Crippen LogP contribution in [0.1, 0.15) is 11.1 Å². The molecule has 1 amide bonds. The van der Waals surface area contributed by atoms with E-state index in [4.69, 9.17) is 4.74 Å². The van der Waals surface area contributed by atoms with Crippen molar-refractivity contribution in [2.75, 3.05) is 38.2 Å². The molecule has 0 N–H and O–H groups in total. The van der Waals surface area contributed by atoms with Crippen LogP contribution >= 0.6 is 0 Å². The number of nitriles is 1. The second-order valence-electron chi connectivity index (χ2n) is 6.95. The topological polar surface area (TPSA) is 99.7 Å². The van der Waals surface area contributed by atoms with Gasteiger partial charge in [-0.2, -0.15) is 5.26 Å². The molecule has 2 aromatic rings. The predicted octanol–water partition coefficient (Wildman–Crippen LogP) is 3.17. The maximum Gasteiger partial charge on any atom is 0.272 e. The number of hydrogen-bond acceptors (Lipinski definition) is 6. The van der Waals surface area contributed by atoms with Crippen LogP contribution in [0.2, 0.25) is 0 Å². The summed E-state index contributed by atoms with van der Waals surface area (Å²) >= 11 is 0. The molecule has 0 spiro atoms. The zero-order valence-electron chi connectivity index (χ0n) is 16.9. The number of anilines is 1. The molecule has 1 heterocycles. The summed E-state index contributed by atoms with van der Waals surface area (Å²) in [5.41, 5.74) is 1.95. The Morgan fingerprint density at radius 2 is 1.83 bits per heavy atom. The van der Waals surface area contributed by atoms with Gasteiger partial charge in [0.25, 0.3) is 11.6 Å². The fourth-order valence-corrected chi connectivity index (χ4v) is 3.35. The van der Waals surface area contributed by atoms with Crippen molar-refractivity contribution in [1.82, 2.24) is 4.90 Å². The Labute approximate surface area is 174 Å². The van der Waals surface area contributed by atoms with Gasteiger partial charge in [-0.05, 0) is 42.8 Å². The van der Waals surface area contributed by atoms with Crippen molar-refractivity contribution in [3.63, 3.8) is 0 Å². The summed E-state index contributed by atoms with van der Waals surface area (Å²) in [6.07, 6.45) is 1.41. The molecule has 1 fully saturated rings. The highest BCUT2D eigenvalue weighted by Crippen LogP contribution is 2.23. The second kappa shape index (κ2) is 9.09. The third kappa shape index (κ3) is 4.58. The van der Waals surface area contributed by atoms with Crippen LogP contribution in [0, 0.1) is 28.4 Å². The van der Waals surface area contributed by atoms with Gasteiger partial charge in [-0.3, -0.25) is 14.9 Å². The molecule has 0 unspecified atom stereocenters. The van der Waals surface area contributed by atoms with Crippen molar-refractivity contribution >= 4 is 23.4 Å². The average Bonchev–Trinajstić information content (AvgIpc) is 2.78. The molecular weight excluding hydrogens is 384 g/mol. The maximum absolute atomic E-state index is 12.8. The van der Waals surface area contributed by atoms with E-state index in [0.29, 0.717) is 37.3 Å². The average molecular weight is 406 g/mol. The lowest BCUT2D eigenvalue weighted by molar-refractivity contribution is -0.385. The maximum atomic E-state index is 12.8. The predicted molar refractivity (Wildman–Crippen MR) is 113 cm³/mol. The molecule has 0 aliphatic carbocycles. The molecule has 1 aliphatic rings. The van der Waals surface area contributed by atoms with Gasteiger partial charge in [0.05, 0.1) is 12.0 Å². The quantitative estimate of drug-likeness (QED) is 0.327. The SMILES string of the molecule is COc1ccc(N2CCN(C(=O)/C(C#N)=C/c3ccc(C)c([N+](=O)[O-])c3)CC2)cc1. The van der Waals surface area contributed by atoms with E-state index >= 15 is 0 Å². The Morgan fingerprint density at radius 1 is 1.17 bits per heavy atom. The van der Waals surface area contributed by atoms with Crippen molar-refractivity contribution < 1.29 is 14.5 Å². The first kappa shape index (κ1) is 20.9. The third-order valence-corrected chi connectivity index (χ3v) is 5.10. The van der Waals surface area contributed by atoms with Crippen LogP contribution < -0.4 is 9.64 Å². The molecule has 1 aliphatic heterocycles. The summed E-state index contributed by atoms with van der Waals surface area (Å²) in [5.74, 6) is 0.419. The van der Waals surface area contributed by atoms with Crippen LogP contribution in [0.25, 0.3) is 6.08 Å². The number of carbonyl (C=O) groups is 1. The third-order valence-electron chi connectivity index (χ3n) is 5.10. The fraction of sp³-hybridized carbons (Fsp3) is 0.273. The molecule has 0 atom stereocenters. The first-order valence-electron chi connectivity index (χ1n) is 9.48. The van der Waals surface area contributed by atoms with Gasteiger partial charge in [-0.25, -0.2) is 0 Å². The Bertz CT molecular complexity index is 1020. The number of piperazine rings is 1. The molecule has 0 radical (unpaired) electrons. The van der Waals surface area contributed by atoms with Crippen LogP contribution in [-0.2, 0) is 4.79 Å². The lowest BCUT2D eigenvalue weighted by Crippen LogP contribution is -2.49. The summed E-state index contributed by atoms with van der Waals surface area (Å²) in [6.45, 7) is 3.90. The highest BCUT2D eigenvalue weighted by molar-refractivity contribution is 6.01. The monoisotopic (exact) mass is 406 g/mol. The normalized spacial score (nSPS) is 14.2. The lowest BCUT2D eigenvalue weighted by Gasteiger charge is -2.36. The summed E-state index contributed by atoms with van der Waals surface area (Å²) in [6, 6.07) is 14.3. The first-order valence-corrected chi connectivity index (χ1v) is 9.48. The number of methoxy groups -OCH3 is 1. The number of amides is 1. The Kier molecular flexibility index (Phi) is 6.32. The van der Waals surface area contributed by atoms with E-state index in [2.05, 4.69) is 4.90 Å². The van der Waals surface area contributed by atoms with E-state index in [1.165, 1.54) is 12.1 Å². The molecule has 0 bridgehead atoms. The van der Waals surface area contributed by atoms with Crippen LogP contribution in [0.3, 0.4) is 0 Å². The molecule has 30 heavy (non-hydrogen) atoms. The van der Waals surface area contributed by atoms with Gasteiger partial charge >= 0.3 is 0 Å². The fourth-order valence-electron chi connectivity index (χ4n) is 3.35. The number of benzene rings is 2. The van der Waals surface area contributed by atoms with Crippen molar-refractivity contribution in [2.24, 2.45) is 0 Å². The highest BCUT2D eigenvalue weighted by atomic mass is 16.6. The summed E-state index contributed by atoms with van der Waals surface area (Å²) in [7, 11) is 1.62. The highest BCUT2D eigenvalue weighted by Gasteiger charge is 2.24. The van der Waals surface area contributed by atoms with Gasteiger partial charge in [0.2, 0.25) is 0 Å². The summed E-state index contributed by atoms with van der Waals surface area (Å²) in [5, 5.41) is 20.6. The van der Waals surface area contributed by atoms with E-state index in [0.717, 1.165) is 11.4 Å². The van der Waals surface area contributed by atoms with Gasteiger partial charge in [-0.15, -0.1) is 0 Å². The first-order chi connectivity index (χ1) is 14.4. The largest absolute Gasteiger partial charge is 0.497 e. The minimum absolute atomic E-state index is 0.0361. The minimum Gasteiger partial charge on any atom is -0.497 e. The van der Waals surface area contributed by atoms with Gasteiger partial charge in [0.1, 0.15) is 17.4 Å². The molecule has 2 aromatic carbocycles. The number of carbonyl (C=O) groups excluding carboxylic acids is 1. The van der Waals surface area contributed by atoms with E-state index in [9.17, 15) is 20.2 Å². The number of hydrogen-bond donors (Lipinski definition) is 0. The Hall–Kier alpha value is -3.86. The van der Waals surface area contributed by atoms with Gasteiger partial charge < -0.3 is 14.5 Å². The van der Waals surface area contributed by atoms with E-state index in [-0.39, 0.29) is 17.2 Å². The Morgan fingerprint density at radius 3 is 2.40 bits per heavy atom. The van der Waals surface area contributed by atoms with E-state index < -0.39 is 4.92 Å². The zero-order chi connectivity index (χ0) is 21.7. The van der Waals surface area contributed by atoms with Crippen LogP contribution in [0.5, 0.6) is 5.75 Å². The van der Waals surface area contributed by atoms with Gasteiger partial charge in [0, 0.05) is 43.5 Å². The molecule has 3 rings (SSSR count). The molecule has 0 saturated carbocycles. The van der Waals surface area contributed by atoms with Crippen LogP contribution in [0.15, 0.2) is 48.0 Å². The smallest absolute Gasteiger partial charge is 0.272 e. The van der Waals surface area contributed by atoms with Crippen LogP contribution in [0.4, 0.5) is 11.4 Å². The van der Waals surface area contributed by atoms with Crippen molar-refractivity contribution in [1.29, 1.82) is 5.26 Å². The molecule has 8 nitrogen and oxygen atoms in total. The van der Waals surface area contributed by atoms with Gasteiger partial charge in [-0.1, -0.05) is 12.1 Å². The zero-order valence-corrected chi connectivity index (χ0v) is 16.9. The standard InChI is InChI=1S/C22H22N4O4/c1-16-3-4-17(14-21(16)26(28)29)13-18(15-23)22(27)25-11-9-24(10-12-25)19-5-7-20(30-2)8-6-19/h3-8,13-14H,9-12H2,1-2H3/b18-13+. The van der Waals surface area contributed by atoms with Gasteiger partial charge in [0.15, 0.2) is 0 Å². The second-order valence-corrected chi connectivity index (χ2v) is 6.95.